The SMILES string of the molecule is NCCCC(C(=O)O)C1CCOC2(CCCC2)C1. The second-order valence-corrected chi connectivity index (χ2v) is 5.87. The molecule has 2 atom stereocenters. The van der Waals surface area contributed by atoms with Crippen LogP contribution in [0.1, 0.15) is 51.4 Å². The van der Waals surface area contributed by atoms with Crippen molar-refractivity contribution < 1.29 is 14.6 Å². The quantitative estimate of drug-likeness (QED) is 0.789. The first-order valence-corrected chi connectivity index (χ1v) is 7.24. The summed E-state index contributed by atoms with van der Waals surface area (Å²) in [4.78, 5) is 11.4. The summed E-state index contributed by atoms with van der Waals surface area (Å²) in [6, 6.07) is 0. The third-order valence-electron chi connectivity index (χ3n) is 4.65. The maximum Gasteiger partial charge on any atom is 0.306 e. The number of nitrogens with two attached hydrogens (primary N) is 1. The Morgan fingerprint density at radius 2 is 2.17 bits per heavy atom. The maximum absolute atomic E-state index is 11.4. The Morgan fingerprint density at radius 1 is 1.44 bits per heavy atom. The molecule has 2 unspecified atom stereocenters. The molecule has 1 heterocycles. The van der Waals surface area contributed by atoms with Crippen molar-refractivity contribution in [2.45, 2.75) is 57.0 Å². The molecule has 1 saturated carbocycles. The summed E-state index contributed by atoms with van der Waals surface area (Å²) in [7, 11) is 0. The molecule has 0 aromatic carbocycles. The van der Waals surface area contributed by atoms with Crippen molar-refractivity contribution in [2.24, 2.45) is 17.6 Å². The number of rotatable bonds is 5. The minimum absolute atomic E-state index is 0.0132. The van der Waals surface area contributed by atoms with Crippen LogP contribution in [0.25, 0.3) is 0 Å². The highest BCUT2D eigenvalue weighted by Gasteiger charge is 2.43. The first kappa shape index (κ1) is 13.8. The molecule has 4 heteroatoms. The highest BCUT2D eigenvalue weighted by Crippen LogP contribution is 2.44. The van der Waals surface area contributed by atoms with E-state index >= 15 is 0 Å². The third-order valence-corrected chi connectivity index (χ3v) is 4.65. The number of aliphatic carboxylic acids is 1. The van der Waals surface area contributed by atoms with E-state index in [0.29, 0.717) is 13.0 Å². The van der Waals surface area contributed by atoms with Crippen molar-refractivity contribution in [3.63, 3.8) is 0 Å². The van der Waals surface area contributed by atoms with Crippen molar-refractivity contribution in [3.8, 4) is 0 Å². The summed E-state index contributed by atoms with van der Waals surface area (Å²) < 4.78 is 5.97. The van der Waals surface area contributed by atoms with Gasteiger partial charge in [-0.3, -0.25) is 4.79 Å². The lowest BCUT2D eigenvalue weighted by Crippen LogP contribution is -2.41. The lowest BCUT2D eigenvalue weighted by molar-refractivity contribution is -0.150. The van der Waals surface area contributed by atoms with Crippen molar-refractivity contribution in [2.75, 3.05) is 13.2 Å². The van der Waals surface area contributed by atoms with Crippen LogP contribution in [0.4, 0.5) is 0 Å². The third kappa shape index (κ3) is 3.04. The normalized spacial score (nSPS) is 28.4. The zero-order chi connectivity index (χ0) is 13.0. The van der Waals surface area contributed by atoms with E-state index in [1.807, 2.05) is 0 Å². The Balaban J connectivity index is 1.98. The molecule has 0 bridgehead atoms. The van der Waals surface area contributed by atoms with Crippen molar-refractivity contribution >= 4 is 5.97 Å². The molecule has 4 nitrogen and oxygen atoms in total. The molecule has 0 radical (unpaired) electrons. The summed E-state index contributed by atoms with van der Waals surface area (Å²) in [5.41, 5.74) is 5.52. The van der Waals surface area contributed by atoms with Crippen LogP contribution < -0.4 is 5.73 Å². The van der Waals surface area contributed by atoms with Gasteiger partial charge in [-0.1, -0.05) is 12.8 Å². The van der Waals surface area contributed by atoms with Gasteiger partial charge in [0, 0.05) is 6.61 Å². The van der Waals surface area contributed by atoms with Crippen LogP contribution in [0.2, 0.25) is 0 Å². The van der Waals surface area contributed by atoms with Gasteiger partial charge >= 0.3 is 5.97 Å². The van der Waals surface area contributed by atoms with E-state index < -0.39 is 5.97 Å². The summed E-state index contributed by atoms with van der Waals surface area (Å²) >= 11 is 0. The highest BCUT2D eigenvalue weighted by atomic mass is 16.5. The molecule has 2 rings (SSSR count). The molecule has 0 aromatic rings. The Bertz CT molecular complexity index is 287. The van der Waals surface area contributed by atoms with Crippen molar-refractivity contribution in [1.82, 2.24) is 0 Å². The molecule has 1 spiro atoms. The van der Waals surface area contributed by atoms with Crippen LogP contribution in [0.15, 0.2) is 0 Å². The van der Waals surface area contributed by atoms with Gasteiger partial charge in [-0.2, -0.15) is 0 Å². The Hall–Kier alpha value is -0.610. The van der Waals surface area contributed by atoms with Gasteiger partial charge in [0.1, 0.15) is 0 Å². The largest absolute Gasteiger partial charge is 0.481 e. The molecule has 0 aromatic heterocycles. The van der Waals surface area contributed by atoms with Gasteiger partial charge in [-0.05, 0) is 51.0 Å². The number of hydrogen-bond acceptors (Lipinski definition) is 3. The van der Waals surface area contributed by atoms with Crippen LogP contribution in [-0.4, -0.2) is 29.8 Å². The van der Waals surface area contributed by atoms with E-state index in [4.69, 9.17) is 10.5 Å². The molecule has 3 N–H and O–H groups in total. The number of hydrogen-bond donors (Lipinski definition) is 2. The van der Waals surface area contributed by atoms with E-state index in [0.717, 1.165) is 38.7 Å². The minimum atomic E-state index is -0.650. The van der Waals surface area contributed by atoms with E-state index in [9.17, 15) is 9.90 Å². The molecule has 1 aliphatic heterocycles. The van der Waals surface area contributed by atoms with Gasteiger partial charge in [0.25, 0.3) is 0 Å². The first-order valence-electron chi connectivity index (χ1n) is 7.24. The summed E-state index contributed by atoms with van der Waals surface area (Å²) in [6.45, 7) is 1.31. The second-order valence-electron chi connectivity index (χ2n) is 5.87. The van der Waals surface area contributed by atoms with Gasteiger partial charge in [0.2, 0.25) is 0 Å². The zero-order valence-corrected chi connectivity index (χ0v) is 11.1. The van der Waals surface area contributed by atoms with Crippen molar-refractivity contribution in [1.29, 1.82) is 0 Å². The summed E-state index contributed by atoms with van der Waals surface area (Å²) in [5.74, 6) is -0.598. The Labute approximate surface area is 109 Å². The molecule has 2 aliphatic rings. The number of carboxylic acid groups (broad SMARTS) is 1. The number of ether oxygens (including phenoxy) is 1. The van der Waals surface area contributed by atoms with E-state index in [-0.39, 0.29) is 17.4 Å². The molecule has 2 fully saturated rings. The fourth-order valence-electron chi connectivity index (χ4n) is 3.68. The fraction of sp³-hybridized carbons (Fsp3) is 0.929. The average molecular weight is 255 g/mol. The van der Waals surface area contributed by atoms with Crippen LogP contribution in [-0.2, 0) is 9.53 Å². The van der Waals surface area contributed by atoms with E-state index in [2.05, 4.69) is 0 Å². The number of carbonyl (C=O) groups is 1. The summed E-state index contributed by atoms with van der Waals surface area (Å²) in [5, 5.41) is 9.40. The molecule has 0 amide bonds. The second kappa shape index (κ2) is 6.02. The van der Waals surface area contributed by atoms with Gasteiger partial charge < -0.3 is 15.6 Å². The standard InChI is InChI=1S/C14H25NO3/c15-8-3-4-12(13(16)17)11-5-9-18-14(10-11)6-1-2-7-14/h11-12H,1-10,15H2,(H,16,17). The van der Waals surface area contributed by atoms with Gasteiger partial charge in [-0.15, -0.1) is 0 Å². The van der Waals surface area contributed by atoms with Crippen LogP contribution >= 0.6 is 0 Å². The van der Waals surface area contributed by atoms with Gasteiger partial charge in [0.15, 0.2) is 0 Å². The zero-order valence-electron chi connectivity index (χ0n) is 11.1. The topological polar surface area (TPSA) is 72.6 Å². The lowest BCUT2D eigenvalue weighted by Gasteiger charge is -2.40. The summed E-state index contributed by atoms with van der Waals surface area (Å²) in [6.07, 6.45) is 8.05. The molecule has 1 saturated heterocycles. The Kier molecular flexibility index (Phi) is 4.62. The lowest BCUT2D eigenvalue weighted by atomic mass is 9.76. The van der Waals surface area contributed by atoms with Crippen LogP contribution in [0.3, 0.4) is 0 Å². The van der Waals surface area contributed by atoms with Crippen molar-refractivity contribution in [3.05, 3.63) is 0 Å². The molecular formula is C14H25NO3. The minimum Gasteiger partial charge on any atom is -0.481 e. The van der Waals surface area contributed by atoms with E-state index in [1.54, 1.807) is 0 Å². The molecule has 1 aliphatic carbocycles. The fourth-order valence-corrected chi connectivity index (χ4v) is 3.68. The predicted molar refractivity (Wildman–Crippen MR) is 69.3 cm³/mol. The highest BCUT2D eigenvalue weighted by molar-refractivity contribution is 5.70. The van der Waals surface area contributed by atoms with Crippen LogP contribution in [0.5, 0.6) is 0 Å². The molecule has 18 heavy (non-hydrogen) atoms. The number of carboxylic acids is 1. The predicted octanol–water partition coefficient (Wildman–Crippen LogP) is 2.17. The average Bonchev–Trinajstić information content (AvgIpc) is 2.77. The van der Waals surface area contributed by atoms with Crippen LogP contribution in [0, 0.1) is 11.8 Å². The van der Waals surface area contributed by atoms with E-state index in [1.165, 1.54) is 12.8 Å². The Morgan fingerprint density at radius 3 is 2.78 bits per heavy atom. The van der Waals surface area contributed by atoms with Gasteiger partial charge in [-0.25, -0.2) is 0 Å². The molecular weight excluding hydrogens is 230 g/mol. The molecule has 104 valence electrons. The maximum atomic E-state index is 11.4. The van der Waals surface area contributed by atoms with Gasteiger partial charge in [0.05, 0.1) is 11.5 Å². The smallest absolute Gasteiger partial charge is 0.306 e. The monoisotopic (exact) mass is 255 g/mol. The first-order chi connectivity index (χ1) is 8.67.